The Morgan fingerprint density at radius 3 is 1.21 bits per heavy atom. The van der Waals surface area contributed by atoms with Gasteiger partial charge in [-0.15, -0.1) is 0 Å². The highest BCUT2D eigenvalue weighted by atomic mass is 16.5. The number of benzene rings is 6. The van der Waals surface area contributed by atoms with E-state index in [2.05, 4.69) is 21.3 Å². The highest BCUT2D eigenvalue weighted by molar-refractivity contribution is 6.08. The molecule has 4 N–H and O–H groups in total. The molecular formula is C48H46N4O6. The second-order valence-corrected chi connectivity index (χ2v) is 13.2. The van der Waals surface area contributed by atoms with Gasteiger partial charge in [0, 0.05) is 35.0 Å². The minimum atomic E-state index is -0.456. The quantitative estimate of drug-likeness (QED) is 0.0548. The number of ether oxygens (including phenoxy) is 2. The van der Waals surface area contributed by atoms with Crippen LogP contribution in [-0.2, 0) is 9.59 Å². The summed E-state index contributed by atoms with van der Waals surface area (Å²) in [5, 5.41) is 15.0. The largest absolute Gasteiger partial charge is 0.493 e. The van der Waals surface area contributed by atoms with E-state index in [1.54, 1.807) is 60.7 Å². The van der Waals surface area contributed by atoms with Gasteiger partial charge in [-0.25, -0.2) is 0 Å². The number of carbonyl (C=O) groups is 4. The van der Waals surface area contributed by atoms with Gasteiger partial charge in [0.15, 0.2) is 0 Å². The average Bonchev–Trinajstić information content (AvgIpc) is 3.26. The number of carbonyl (C=O) groups excluding carboxylic acids is 4. The molecule has 0 spiro atoms. The number of unbranched alkanes of at least 4 members (excludes halogenated alkanes) is 1. The van der Waals surface area contributed by atoms with Gasteiger partial charge >= 0.3 is 0 Å². The Hall–Kier alpha value is -7.20. The van der Waals surface area contributed by atoms with E-state index in [1.807, 2.05) is 98.8 Å². The van der Waals surface area contributed by atoms with Gasteiger partial charge in [-0.1, -0.05) is 97.1 Å². The molecule has 0 fully saturated rings. The predicted octanol–water partition coefficient (Wildman–Crippen LogP) is 8.05. The zero-order valence-electron chi connectivity index (χ0n) is 32.5. The molecule has 0 aliphatic rings. The van der Waals surface area contributed by atoms with Crippen LogP contribution in [-0.4, -0.2) is 49.9 Å². The molecule has 0 radical (unpaired) electrons. The van der Waals surface area contributed by atoms with Crippen molar-refractivity contribution in [3.63, 3.8) is 0 Å². The Kier molecular flexibility index (Phi) is 14.0. The van der Waals surface area contributed by atoms with E-state index < -0.39 is 23.6 Å². The lowest BCUT2D eigenvalue weighted by atomic mass is 10.0. The molecular weight excluding hydrogens is 729 g/mol. The molecule has 0 aliphatic carbocycles. The molecule has 0 aliphatic heterocycles. The topological polar surface area (TPSA) is 135 Å². The maximum Gasteiger partial charge on any atom is 0.267 e. The Labute approximate surface area is 337 Å². The molecule has 10 heteroatoms. The first-order chi connectivity index (χ1) is 28.4. The van der Waals surface area contributed by atoms with Crippen LogP contribution in [0, 0.1) is 0 Å². The van der Waals surface area contributed by atoms with Gasteiger partial charge in [0.2, 0.25) is 0 Å². The third-order valence-electron chi connectivity index (χ3n) is 9.27. The maximum atomic E-state index is 13.6. The van der Waals surface area contributed by atoms with Crippen LogP contribution in [0.4, 0.5) is 0 Å². The van der Waals surface area contributed by atoms with E-state index >= 15 is 0 Å². The zero-order chi connectivity index (χ0) is 40.7. The summed E-state index contributed by atoms with van der Waals surface area (Å²) in [6, 6.07) is 40.3. The molecule has 10 nitrogen and oxygen atoms in total. The van der Waals surface area contributed by atoms with E-state index in [0.717, 1.165) is 44.2 Å². The fourth-order valence-corrected chi connectivity index (χ4v) is 6.44. The molecule has 0 atom stereocenters. The number of fused-ring (bicyclic) bond motifs is 2. The Bertz CT molecular complexity index is 2290. The van der Waals surface area contributed by atoms with Crippen LogP contribution in [0.5, 0.6) is 11.5 Å². The summed E-state index contributed by atoms with van der Waals surface area (Å²) in [7, 11) is 0. The van der Waals surface area contributed by atoms with Crippen LogP contribution >= 0.6 is 0 Å². The maximum absolute atomic E-state index is 13.6. The summed E-state index contributed by atoms with van der Waals surface area (Å²) in [4.78, 5) is 53.8. The Morgan fingerprint density at radius 1 is 0.466 bits per heavy atom. The summed E-state index contributed by atoms with van der Waals surface area (Å²) in [6.07, 6.45) is 4.38. The molecule has 6 aromatic carbocycles. The first-order valence-electron chi connectivity index (χ1n) is 19.4. The normalized spacial score (nSPS) is 11.5. The van der Waals surface area contributed by atoms with Crippen molar-refractivity contribution in [1.29, 1.82) is 0 Å². The molecule has 0 heterocycles. The van der Waals surface area contributed by atoms with Crippen LogP contribution in [0.15, 0.2) is 145 Å². The van der Waals surface area contributed by atoms with Crippen molar-refractivity contribution < 1.29 is 28.7 Å². The molecule has 0 saturated carbocycles. The fourth-order valence-electron chi connectivity index (χ4n) is 6.44. The van der Waals surface area contributed by atoms with Crippen molar-refractivity contribution in [3.05, 3.63) is 167 Å². The molecule has 0 unspecified atom stereocenters. The number of amides is 4. The Morgan fingerprint density at radius 2 is 0.828 bits per heavy atom. The minimum absolute atomic E-state index is 0.0854. The standard InChI is InChI=1S/C48H46N4O6/c1-3-57-43-27-25-35(37-21-11-13-23-39(37)43)31-41(51-45(53)33-17-7-5-8-18-33)47(55)49-29-15-16-30-50-48(56)42(52-46(54)34-19-9-6-10-20-34)32-36-26-28-44(58-4-2)40-24-14-12-22-38(36)40/h5-14,17-28,31-32H,3-4,15-16,29-30H2,1-2H3,(H,49,55)(H,50,56)(H,51,53)(H,52,54)/b41-31-,42-32+. The predicted molar refractivity (Wildman–Crippen MR) is 229 cm³/mol. The van der Waals surface area contributed by atoms with Crippen molar-refractivity contribution in [3.8, 4) is 11.5 Å². The van der Waals surface area contributed by atoms with Gasteiger partial charge in [-0.3, -0.25) is 19.2 Å². The van der Waals surface area contributed by atoms with Crippen molar-refractivity contribution in [2.24, 2.45) is 0 Å². The van der Waals surface area contributed by atoms with Gasteiger partial charge in [-0.2, -0.15) is 0 Å². The number of hydrogen-bond donors (Lipinski definition) is 4. The van der Waals surface area contributed by atoms with Crippen LogP contribution < -0.4 is 30.7 Å². The van der Waals surface area contributed by atoms with Crippen molar-refractivity contribution in [2.75, 3.05) is 26.3 Å². The van der Waals surface area contributed by atoms with E-state index in [-0.39, 0.29) is 24.5 Å². The number of nitrogens with one attached hydrogen (secondary N) is 4. The summed E-state index contributed by atoms with van der Waals surface area (Å²) in [6.45, 7) is 5.42. The highest BCUT2D eigenvalue weighted by Gasteiger charge is 2.18. The van der Waals surface area contributed by atoms with Crippen molar-refractivity contribution in [1.82, 2.24) is 21.3 Å². The van der Waals surface area contributed by atoms with Gasteiger partial charge in [0.05, 0.1) is 13.2 Å². The second kappa shape index (κ2) is 20.1. The molecule has 0 saturated heterocycles. The van der Waals surface area contributed by atoms with Gasteiger partial charge < -0.3 is 30.7 Å². The monoisotopic (exact) mass is 774 g/mol. The second-order valence-electron chi connectivity index (χ2n) is 13.2. The van der Waals surface area contributed by atoms with Gasteiger partial charge in [0.1, 0.15) is 22.9 Å². The van der Waals surface area contributed by atoms with E-state index in [4.69, 9.17) is 9.47 Å². The van der Waals surface area contributed by atoms with Crippen LogP contribution in [0.1, 0.15) is 58.5 Å². The van der Waals surface area contributed by atoms with Crippen molar-refractivity contribution in [2.45, 2.75) is 26.7 Å². The summed E-state index contributed by atoms with van der Waals surface area (Å²) in [5.41, 5.74) is 2.48. The molecule has 294 valence electrons. The first kappa shape index (κ1) is 40.5. The molecule has 6 rings (SSSR count). The van der Waals surface area contributed by atoms with Crippen LogP contribution in [0.3, 0.4) is 0 Å². The Balaban J connectivity index is 1.13. The van der Waals surface area contributed by atoms with E-state index in [0.29, 0.717) is 37.2 Å². The lowest BCUT2D eigenvalue weighted by molar-refractivity contribution is -0.118. The van der Waals surface area contributed by atoms with Crippen LogP contribution in [0.25, 0.3) is 33.7 Å². The van der Waals surface area contributed by atoms with Crippen molar-refractivity contribution >= 4 is 57.3 Å². The first-order valence-corrected chi connectivity index (χ1v) is 19.4. The van der Waals surface area contributed by atoms with E-state index in [1.165, 1.54) is 0 Å². The zero-order valence-corrected chi connectivity index (χ0v) is 32.5. The van der Waals surface area contributed by atoms with Gasteiger partial charge in [-0.05, 0) is 97.1 Å². The smallest absolute Gasteiger partial charge is 0.267 e. The average molecular weight is 775 g/mol. The molecule has 6 aromatic rings. The lowest BCUT2D eigenvalue weighted by Gasteiger charge is -2.14. The van der Waals surface area contributed by atoms with Gasteiger partial charge in [0.25, 0.3) is 23.6 Å². The molecule has 0 aromatic heterocycles. The summed E-state index contributed by atoms with van der Waals surface area (Å²) >= 11 is 0. The third-order valence-corrected chi connectivity index (χ3v) is 9.27. The SMILES string of the molecule is CCOc1ccc(/C=C(\NC(=O)c2ccccc2)C(=O)NCCCCNC(=O)/C(=C\c2ccc(OCC)c3ccccc23)NC(=O)c2ccccc2)c2ccccc12. The number of hydrogen-bond acceptors (Lipinski definition) is 6. The number of rotatable bonds is 17. The van der Waals surface area contributed by atoms with E-state index in [9.17, 15) is 19.2 Å². The lowest BCUT2D eigenvalue weighted by Crippen LogP contribution is -2.36. The minimum Gasteiger partial charge on any atom is -0.493 e. The van der Waals surface area contributed by atoms with Crippen LogP contribution in [0.2, 0.25) is 0 Å². The third kappa shape index (κ3) is 10.3. The summed E-state index contributed by atoms with van der Waals surface area (Å²) < 4.78 is 11.7. The fraction of sp³-hybridized carbons (Fsp3) is 0.167. The summed E-state index contributed by atoms with van der Waals surface area (Å²) in [5.74, 6) is -0.284. The molecule has 4 amide bonds. The molecule has 58 heavy (non-hydrogen) atoms. The highest BCUT2D eigenvalue weighted by Crippen LogP contribution is 2.31. The molecule has 0 bridgehead atoms.